The van der Waals surface area contributed by atoms with E-state index in [1.807, 2.05) is 13.8 Å². The highest BCUT2D eigenvalue weighted by Crippen LogP contribution is 2.00. The first kappa shape index (κ1) is 19.9. The number of rotatable bonds is 14. The SMILES string of the molecule is CCCOCCOC(=O)CCCC(=O)OCCOCCC. The second-order valence-electron chi connectivity index (χ2n) is 4.52. The highest BCUT2D eigenvalue weighted by molar-refractivity contribution is 5.72. The summed E-state index contributed by atoms with van der Waals surface area (Å²) < 4.78 is 20.3. The Morgan fingerprint density at radius 2 is 1.10 bits per heavy atom. The van der Waals surface area contributed by atoms with E-state index >= 15 is 0 Å². The Morgan fingerprint density at radius 1 is 0.667 bits per heavy atom. The van der Waals surface area contributed by atoms with Crippen LogP contribution in [0.25, 0.3) is 0 Å². The Kier molecular flexibility index (Phi) is 14.4. The molecule has 0 atom stereocenters. The zero-order valence-electron chi connectivity index (χ0n) is 13.2. The maximum absolute atomic E-state index is 11.3. The Bertz CT molecular complexity index is 241. The molecule has 6 heteroatoms. The molecule has 124 valence electrons. The fourth-order valence-electron chi connectivity index (χ4n) is 1.44. The molecule has 0 aliphatic heterocycles. The predicted octanol–water partition coefficient (Wildman–Crippen LogP) is 2.10. The van der Waals surface area contributed by atoms with Gasteiger partial charge >= 0.3 is 11.9 Å². The van der Waals surface area contributed by atoms with E-state index in [0.717, 1.165) is 12.8 Å². The number of hydrogen-bond donors (Lipinski definition) is 0. The topological polar surface area (TPSA) is 71.1 Å². The van der Waals surface area contributed by atoms with E-state index in [1.165, 1.54) is 0 Å². The lowest BCUT2D eigenvalue weighted by atomic mass is 10.2. The monoisotopic (exact) mass is 304 g/mol. The quantitative estimate of drug-likeness (QED) is 0.361. The van der Waals surface area contributed by atoms with Gasteiger partial charge in [0.05, 0.1) is 13.2 Å². The fourth-order valence-corrected chi connectivity index (χ4v) is 1.44. The minimum Gasteiger partial charge on any atom is -0.463 e. The summed E-state index contributed by atoms with van der Waals surface area (Å²) in [6, 6.07) is 0. The van der Waals surface area contributed by atoms with Crippen molar-refractivity contribution in [3.63, 3.8) is 0 Å². The number of hydrogen-bond acceptors (Lipinski definition) is 6. The molecule has 0 radical (unpaired) electrons. The molecule has 0 aliphatic rings. The summed E-state index contributed by atoms with van der Waals surface area (Å²) in [5.74, 6) is -0.622. The molecule has 0 rings (SSSR count). The van der Waals surface area contributed by atoms with Crippen molar-refractivity contribution in [2.75, 3.05) is 39.6 Å². The molecule has 0 unspecified atom stereocenters. The lowest BCUT2D eigenvalue weighted by Crippen LogP contribution is -2.13. The average Bonchev–Trinajstić information content (AvgIpc) is 2.47. The van der Waals surface area contributed by atoms with E-state index in [1.54, 1.807) is 0 Å². The van der Waals surface area contributed by atoms with Crippen molar-refractivity contribution in [3.8, 4) is 0 Å². The van der Waals surface area contributed by atoms with Crippen LogP contribution in [0.15, 0.2) is 0 Å². The zero-order valence-corrected chi connectivity index (χ0v) is 13.2. The first-order valence-corrected chi connectivity index (χ1v) is 7.67. The van der Waals surface area contributed by atoms with E-state index in [0.29, 0.717) is 32.8 Å². The lowest BCUT2D eigenvalue weighted by molar-refractivity contribution is -0.147. The number of esters is 2. The first-order chi connectivity index (χ1) is 10.2. The van der Waals surface area contributed by atoms with Gasteiger partial charge in [0.1, 0.15) is 13.2 Å². The fraction of sp³-hybridized carbons (Fsp3) is 0.867. The third-order valence-electron chi connectivity index (χ3n) is 2.44. The van der Waals surface area contributed by atoms with Crippen molar-refractivity contribution in [2.24, 2.45) is 0 Å². The van der Waals surface area contributed by atoms with Crippen LogP contribution in [0.2, 0.25) is 0 Å². The highest BCUT2D eigenvalue weighted by atomic mass is 16.6. The lowest BCUT2D eigenvalue weighted by Gasteiger charge is -2.06. The molecular weight excluding hydrogens is 276 g/mol. The van der Waals surface area contributed by atoms with Crippen LogP contribution < -0.4 is 0 Å². The molecule has 0 bridgehead atoms. The Hall–Kier alpha value is -1.14. The highest BCUT2D eigenvalue weighted by Gasteiger charge is 2.07. The zero-order chi connectivity index (χ0) is 15.8. The largest absolute Gasteiger partial charge is 0.463 e. The summed E-state index contributed by atoms with van der Waals surface area (Å²) in [5.41, 5.74) is 0. The van der Waals surface area contributed by atoms with E-state index in [-0.39, 0.29) is 38.0 Å². The van der Waals surface area contributed by atoms with E-state index in [4.69, 9.17) is 18.9 Å². The van der Waals surface area contributed by atoms with Crippen LogP contribution in [0, 0.1) is 0 Å². The van der Waals surface area contributed by atoms with E-state index < -0.39 is 0 Å². The van der Waals surface area contributed by atoms with Crippen LogP contribution in [-0.4, -0.2) is 51.6 Å². The van der Waals surface area contributed by atoms with Crippen LogP contribution >= 0.6 is 0 Å². The molecule has 0 aromatic rings. The standard InChI is InChI=1S/C15H28O6/c1-3-8-18-10-12-20-14(16)6-5-7-15(17)21-13-11-19-9-4-2/h3-13H2,1-2H3. The molecule has 0 aliphatic carbocycles. The summed E-state index contributed by atoms with van der Waals surface area (Å²) >= 11 is 0. The molecule has 0 saturated carbocycles. The minimum atomic E-state index is -0.311. The predicted molar refractivity (Wildman–Crippen MR) is 78.0 cm³/mol. The van der Waals surface area contributed by atoms with Crippen LogP contribution in [0.1, 0.15) is 46.0 Å². The van der Waals surface area contributed by atoms with Gasteiger partial charge in [0, 0.05) is 26.1 Å². The molecule has 0 aromatic heterocycles. The number of carbonyl (C=O) groups is 2. The van der Waals surface area contributed by atoms with Gasteiger partial charge in [-0.25, -0.2) is 0 Å². The van der Waals surface area contributed by atoms with Crippen LogP contribution in [0.3, 0.4) is 0 Å². The van der Waals surface area contributed by atoms with Crippen molar-refractivity contribution in [1.82, 2.24) is 0 Å². The van der Waals surface area contributed by atoms with Crippen molar-refractivity contribution in [2.45, 2.75) is 46.0 Å². The van der Waals surface area contributed by atoms with Gasteiger partial charge in [0.25, 0.3) is 0 Å². The minimum absolute atomic E-state index is 0.217. The third kappa shape index (κ3) is 15.1. The maximum atomic E-state index is 11.3. The van der Waals surface area contributed by atoms with Gasteiger partial charge < -0.3 is 18.9 Å². The Balaban J connectivity index is 3.34. The number of ether oxygens (including phenoxy) is 4. The number of carbonyl (C=O) groups excluding carboxylic acids is 2. The molecular formula is C15H28O6. The van der Waals surface area contributed by atoms with Crippen LogP contribution in [0.5, 0.6) is 0 Å². The second-order valence-corrected chi connectivity index (χ2v) is 4.52. The Morgan fingerprint density at radius 3 is 1.48 bits per heavy atom. The molecule has 0 fully saturated rings. The van der Waals surface area contributed by atoms with Gasteiger partial charge in [-0.15, -0.1) is 0 Å². The smallest absolute Gasteiger partial charge is 0.305 e. The third-order valence-corrected chi connectivity index (χ3v) is 2.44. The first-order valence-electron chi connectivity index (χ1n) is 7.67. The molecule has 0 aromatic carbocycles. The van der Waals surface area contributed by atoms with Gasteiger partial charge in [0.2, 0.25) is 0 Å². The summed E-state index contributed by atoms with van der Waals surface area (Å²) in [5, 5.41) is 0. The maximum Gasteiger partial charge on any atom is 0.305 e. The normalized spacial score (nSPS) is 10.4. The van der Waals surface area contributed by atoms with E-state index in [9.17, 15) is 9.59 Å². The summed E-state index contributed by atoms with van der Waals surface area (Å²) in [6.07, 6.45) is 2.76. The van der Waals surface area contributed by atoms with Gasteiger partial charge in [-0.3, -0.25) is 9.59 Å². The summed E-state index contributed by atoms with van der Waals surface area (Å²) in [7, 11) is 0. The Labute approximate surface area is 127 Å². The average molecular weight is 304 g/mol. The van der Waals surface area contributed by atoms with Crippen LogP contribution in [0.4, 0.5) is 0 Å². The van der Waals surface area contributed by atoms with E-state index in [2.05, 4.69) is 0 Å². The molecule has 0 saturated heterocycles. The molecule has 0 heterocycles. The van der Waals surface area contributed by atoms with Crippen molar-refractivity contribution >= 4 is 11.9 Å². The summed E-state index contributed by atoms with van der Waals surface area (Å²) in [4.78, 5) is 22.7. The van der Waals surface area contributed by atoms with Gasteiger partial charge in [-0.2, -0.15) is 0 Å². The van der Waals surface area contributed by atoms with Gasteiger partial charge in [-0.05, 0) is 19.3 Å². The molecule has 0 N–H and O–H groups in total. The van der Waals surface area contributed by atoms with Crippen molar-refractivity contribution in [3.05, 3.63) is 0 Å². The second kappa shape index (κ2) is 15.3. The van der Waals surface area contributed by atoms with Gasteiger partial charge in [0.15, 0.2) is 0 Å². The van der Waals surface area contributed by atoms with Crippen molar-refractivity contribution < 1.29 is 28.5 Å². The molecule has 0 spiro atoms. The van der Waals surface area contributed by atoms with Gasteiger partial charge in [-0.1, -0.05) is 13.8 Å². The van der Waals surface area contributed by atoms with Crippen LogP contribution in [-0.2, 0) is 28.5 Å². The van der Waals surface area contributed by atoms with Crippen molar-refractivity contribution in [1.29, 1.82) is 0 Å². The summed E-state index contributed by atoms with van der Waals surface area (Å²) in [6.45, 7) is 6.73. The molecule has 21 heavy (non-hydrogen) atoms. The molecule has 0 amide bonds. The molecule has 6 nitrogen and oxygen atoms in total.